The normalized spacial score (nSPS) is 16.2. The molecular weight excluding hydrogens is 332 g/mol. The zero-order valence-electron chi connectivity index (χ0n) is 15.1. The Labute approximate surface area is 151 Å². The maximum absolute atomic E-state index is 12.6. The summed E-state index contributed by atoms with van der Waals surface area (Å²) >= 11 is 0. The summed E-state index contributed by atoms with van der Waals surface area (Å²) in [6, 6.07) is 3.57. The summed E-state index contributed by atoms with van der Waals surface area (Å²) in [5, 5.41) is 12.9. The van der Waals surface area contributed by atoms with Crippen molar-refractivity contribution in [3.63, 3.8) is 0 Å². The molecule has 26 heavy (non-hydrogen) atoms. The summed E-state index contributed by atoms with van der Waals surface area (Å²) in [7, 11) is 0. The molecule has 1 amide bonds. The van der Waals surface area contributed by atoms with Crippen molar-refractivity contribution in [2.45, 2.75) is 52.0 Å². The Kier molecular flexibility index (Phi) is 5.35. The number of amides is 1. The maximum atomic E-state index is 12.6. The lowest BCUT2D eigenvalue weighted by molar-refractivity contribution is 0.0911. The van der Waals surface area contributed by atoms with Crippen molar-refractivity contribution in [1.29, 1.82) is 0 Å². The average Bonchev–Trinajstić information content (AvgIpc) is 2.65. The van der Waals surface area contributed by atoms with Gasteiger partial charge in [0.2, 0.25) is 5.75 Å². The summed E-state index contributed by atoms with van der Waals surface area (Å²) in [6.45, 7) is 3.79. The van der Waals surface area contributed by atoms with Crippen molar-refractivity contribution in [2.24, 2.45) is 5.92 Å². The van der Waals surface area contributed by atoms with Gasteiger partial charge in [0, 0.05) is 12.2 Å². The van der Waals surface area contributed by atoms with Crippen molar-refractivity contribution in [3.8, 4) is 17.3 Å². The number of nitrogens with one attached hydrogen (secondary N) is 2. The lowest BCUT2D eigenvalue weighted by atomic mass is 9.84. The molecule has 0 spiro atoms. The summed E-state index contributed by atoms with van der Waals surface area (Å²) in [5.74, 6) is -0.632. The zero-order chi connectivity index (χ0) is 18.7. The van der Waals surface area contributed by atoms with Crippen LogP contribution < -0.4 is 10.9 Å². The first-order chi connectivity index (χ1) is 12.5. The van der Waals surface area contributed by atoms with E-state index in [9.17, 15) is 14.7 Å². The minimum absolute atomic E-state index is 0.0386. The van der Waals surface area contributed by atoms with E-state index in [1.807, 2.05) is 19.9 Å². The topological polar surface area (TPSA) is 108 Å². The molecular formula is C19H24N4O3. The molecule has 0 bridgehead atoms. The highest BCUT2D eigenvalue weighted by Gasteiger charge is 2.25. The van der Waals surface area contributed by atoms with Gasteiger partial charge in [-0.05, 0) is 44.2 Å². The Morgan fingerprint density at radius 2 is 2.08 bits per heavy atom. The van der Waals surface area contributed by atoms with Gasteiger partial charge in [0.25, 0.3) is 11.5 Å². The van der Waals surface area contributed by atoms with Crippen LogP contribution in [0.15, 0.2) is 23.1 Å². The number of aromatic amines is 1. The predicted molar refractivity (Wildman–Crippen MR) is 98.0 cm³/mol. The molecule has 2 heterocycles. The molecule has 0 radical (unpaired) electrons. The fourth-order valence-electron chi connectivity index (χ4n) is 3.50. The second-order valence-corrected chi connectivity index (χ2v) is 6.94. The molecule has 1 saturated carbocycles. The van der Waals surface area contributed by atoms with Crippen LogP contribution in [-0.4, -0.2) is 32.0 Å². The minimum atomic E-state index is -0.754. The molecule has 0 aliphatic heterocycles. The number of hydrogen-bond acceptors (Lipinski definition) is 5. The smallest absolute Gasteiger partial charge is 0.294 e. The molecule has 1 unspecified atom stereocenters. The number of hydrogen-bond donors (Lipinski definition) is 3. The van der Waals surface area contributed by atoms with Crippen LogP contribution >= 0.6 is 0 Å². The van der Waals surface area contributed by atoms with E-state index in [0.29, 0.717) is 11.6 Å². The highest BCUT2D eigenvalue weighted by molar-refractivity contribution is 5.95. The van der Waals surface area contributed by atoms with E-state index >= 15 is 0 Å². The van der Waals surface area contributed by atoms with E-state index in [1.165, 1.54) is 19.3 Å². The average molecular weight is 356 g/mol. The number of carbonyl (C=O) groups excluding carboxylic acids is 1. The molecule has 2 aromatic heterocycles. The monoisotopic (exact) mass is 356 g/mol. The molecule has 0 saturated heterocycles. The second-order valence-electron chi connectivity index (χ2n) is 6.94. The molecule has 7 heteroatoms. The second kappa shape index (κ2) is 7.68. The van der Waals surface area contributed by atoms with Gasteiger partial charge in [-0.1, -0.05) is 25.3 Å². The number of aryl methyl sites for hydroxylation is 1. The number of carbonyl (C=O) groups is 1. The van der Waals surface area contributed by atoms with E-state index in [4.69, 9.17) is 0 Å². The summed E-state index contributed by atoms with van der Waals surface area (Å²) < 4.78 is 0. The third-order valence-electron chi connectivity index (χ3n) is 5.06. The van der Waals surface area contributed by atoms with Crippen LogP contribution in [0.1, 0.15) is 55.1 Å². The van der Waals surface area contributed by atoms with Crippen LogP contribution in [0.3, 0.4) is 0 Å². The number of rotatable bonds is 4. The Morgan fingerprint density at radius 1 is 1.35 bits per heavy atom. The molecule has 1 aliphatic rings. The Balaban J connectivity index is 1.88. The van der Waals surface area contributed by atoms with Crippen LogP contribution in [0.2, 0.25) is 0 Å². The number of aromatic hydroxyl groups is 1. The molecule has 2 aromatic rings. The van der Waals surface area contributed by atoms with Crippen LogP contribution in [-0.2, 0) is 0 Å². The van der Waals surface area contributed by atoms with Gasteiger partial charge in [0.05, 0.1) is 0 Å². The van der Waals surface area contributed by atoms with Crippen molar-refractivity contribution < 1.29 is 9.90 Å². The molecule has 1 fully saturated rings. The summed E-state index contributed by atoms with van der Waals surface area (Å²) in [5.41, 5.74) is 0.259. The molecule has 1 aliphatic carbocycles. The fraction of sp³-hybridized carbons (Fsp3) is 0.474. The number of pyridine rings is 1. The van der Waals surface area contributed by atoms with Gasteiger partial charge in [-0.3, -0.25) is 14.6 Å². The van der Waals surface area contributed by atoms with Crippen molar-refractivity contribution in [3.05, 3.63) is 39.9 Å². The molecule has 7 nitrogen and oxygen atoms in total. The number of aromatic nitrogens is 3. The Bertz CT molecular complexity index is 856. The van der Waals surface area contributed by atoms with Gasteiger partial charge in [-0.15, -0.1) is 0 Å². The third-order valence-corrected chi connectivity index (χ3v) is 5.06. The fourth-order valence-corrected chi connectivity index (χ4v) is 3.50. The predicted octanol–water partition coefficient (Wildman–Crippen LogP) is 2.54. The van der Waals surface area contributed by atoms with Gasteiger partial charge in [0.15, 0.2) is 11.5 Å². The van der Waals surface area contributed by atoms with Crippen LogP contribution in [0.4, 0.5) is 0 Å². The molecule has 138 valence electrons. The van der Waals surface area contributed by atoms with Crippen LogP contribution in [0.25, 0.3) is 11.5 Å². The molecule has 3 N–H and O–H groups in total. The van der Waals surface area contributed by atoms with E-state index < -0.39 is 17.2 Å². The quantitative estimate of drug-likeness (QED) is 0.780. The van der Waals surface area contributed by atoms with E-state index in [-0.39, 0.29) is 17.6 Å². The first-order valence-corrected chi connectivity index (χ1v) is 9.03. The van der Waals surface area contributed by atoms with Gasteiger partial charge < -0.3 is 15.4 Å². The number of H-pyrrole nitrogens is 1. The number of nitrogens with zero attached hydrogens (tertiary/aromatic N) is 2. The van der Waals surface area contributed by atoms with Crippen LogP contribution in [0, 0.1) is 12.8 Å². The largest absolute Gasteiger partial charge is 0.501 e. The Morgan fingerprint density at radius 3 is 2.77 bits per heavy atom. The standard InChI is InChI=1S/C19H24N4O3/c1-11-7-6-10-20-14(11)17-22-15(16(24)19(26)23-17)18(25)21-12(2)13-8-4-3-5-9-13/h6-7,10,12-13,24H,3-5,8-9H2,1-2H3,(H,21,25)(H,22,23,26). The van der Waals surface area contributed by atoms with Gasteiger partial charge in [-0.25, -0.2) is 4.98 Å². The van der Waals surface area contributed by atoms with Gasteiger partial charge in [-0.2, -0.15) is 0 Å². The lowest BCUT2D eigenvalue weighted by Gasteiger charge is -2.28. The molecule has 0 aromatic carbocycles. The van der Waals surface area contributed by atoms with Crippen molar-refractivity contribution in [2.75, 3.05) is 0 Å². The van der Waals surface area contributed by atoms with Gasteiger partial charge >= 0.3 is 0 Å². The van der Waals surface area contributed by atoms with Gasteiger partial charge in [0.1, 0.15) is 5.69 Å². The van der Waals surface area contributed by atoms with E-state index in [1.54, 1.807) is 12.3 Å². The SMILES string of the molecule is Cc1cccnc1-c1nc(C(=O)NC(C)C2CCCCC2)c(O)c(=O)[nH]1. The highest BCUT2D eigenvalue weighted by Crippen LogP contribution is 2.26. The van der Waals surface area contributed by atoms with Crippen molar-refractivity contribution in [1.82, 2.24) is 20.3 Å². The zero-order valence-corrected chi connectivity index (χ0v) is 15.1. The lowest BCUT2D eigenvalue weighted by Crippen LogP contribution is -2.39. The highest BCUT2D eigenvalue weighted by atomic mass is 16.3. The summed E-state index contributed by atoms with van der Waals surface area (Å²) in [4.78, 5) is 35.6. The molecule has 3 rings (SSSR count). The first kappa shape index (κ1) is 18.1. The maximum Gasteiger partial charge on any atom is 0.294 e. The summed E-state index contributed by atoms with van der Waals surface area (Å²) in [6.07, 6.45) is 7.31. The van der Waals surface area contributed by atoms with Crippen molar-refractivity contribution >= 4 is 5.91 Å². The van der Waals surface area contributed by atoms with E-state index in [2.05, 4.69) is 20.3 Å². The minimum Gasteiger partial charge on any atom is -0.501 e. The Hall–Kier alpha value is -2.70. The van der Waals surface area contributed by atoms with Crippen LogP contribution in [0.5, 0.6) is 5.75 Å². The first-order valence-electron chi connectivity index (χ1n) is 9.03. The third kappa shape index (κ3) is 3.76. The van der Waals surface area contributed by atoms with E-state index in [0.717, 1.165) is 18.4 Å². The molecule has 1 atom stereocenters.